The van der Waals surface area contributed by atoms with Crippen LogP contribution in [0, 0.1) is 5.82 Å². The molecule has 0 bridgehead atoms. The van der Waals surface area contributed by atoms with E-state index in [0.717, 1.165) is 12.1 Å². The predicted molar refractivity (Wildman–Crippen MR) is 52.4 cm³/mol. The highest BCUT2D eigenvalue weighted by Crippen LogP contribution is 2.25. The first-order chi connectivity index (χ1) is 8.17. The number of hydrogen-bond donors (Lipinski definition) is 2. The van der Waals surface area contributed by atoms with E-state index in [2.05, 4.69) is 4.74 Å². The number of ether oxygens (including phenoxy) is 1. The van der Waals surface area contributed by atoms with Crippen LogP contribution < -0.4 is 10.5 Å². The molecule has 3 N–H and O–H groups in total. The molecule has 1 rings (SSSR count). The van der Waals surface area contributed by atoms with Crippen molar-refractivity contribution in [3.05, 3.63) is 29.6 Å². The summed E-state index contributed by atoms with van der Waals surface area (Å²) in [4.78, 5) is 10.5. The molecule has 4 nitrogen and oxygen atoms in total. The van der Waals surface area contributed by atoms with Crippen LogP contribution in [0.2, 0.25) is 0 Å². The van der Waals surface area contributed by atoms with Gasteiger partial charge in [0.15, 0.2) is 0 Å². The number of hydrogen-bond acceptors (Lipinski definition) is 3. The Morgan fingerprint density at radius 1 is 1.39 bits per heavy atom. The number of rotatable bonds is 4. The molecule has 1 atom stereocenters. The van der Waals surface area contributed by atoms with Gasteiger partial charge in [0.25, 0.3) is 0 Å². The minimum atomic E-state index is -4.94. The Hall–Kier alpha value is -1.83. The lowest BCUT2D eigenvalue weighted by Gasteiger charge is -2.11. The molecule has 0 aromatic heterocycles. The number of carbonyl (C=O) groups is 1. The van der Waals surface area contributed by atoms with Crippen molar-refractivity contribution in [2.75, 3.05) is 0 Å². The first kappa shape index (κ1) is 14.2. The maximum absolute atomic E-state index is 13.0. The summed E-state index contributed by atoms with van der Waals surface area (Å²) >= 11 is 0. The summed E-state index contributed by atoms with van der Waals surface area (Å²) in [5.74, 6) is -3.06. The molecule has 0 heterocycles. The number of carboxylic acid groups (broad SMARTS) is 1. The summed E-state index contributed by atoms with van der Waals surface area (Å²) in [5.41, 5.74) is 5.19. The van der Waals surface area contributed by atoms with Crippen LogP contribution in [0.4, 0.5) is 17.6 Å². The second-order valence-corrected chi connectivity index (χ2v) is 3.49. The van der Waals surface area contributed by atoms with Gasteiger partial charge in [-0.25, -0.2) is 4.39 Å². The van der Waals surface area contributed by atoms with Gasteiger partial charge in [0.05, 0.1) is 0 Å². The molecule has 1 aromatic rings. The molecule has 0 saturated heterocycles. The molecule has 0 aliphatic heterocycles. The van der Waals surface area contributed by atoms with Gasteiger partial charge in [-0.3, -0.25) is 4.79 Å². The summed E-state index contributed by atoms with van der Waals surface area (Å²) in [6.07, 6.45) is -5.25. The molecule has 0 spiro atoms. The Balaban J connectivity index is 2.90. The Bertz CT molecular complexity index is 447. The molecule has 100 valence electrons. The molecule has 1 unspecified atom stereocenters. The van der Waals surface area contributed by atoms with Crippen LogP contribution in [-0.2, 0) is 11.2 Å². The van der Waals surface area contributed by atoms with E-state index in [9.17, 15) is 22.4 Å². The zero-order chi connectivity index (χ0) is 13.9. The first-order valence-corrected chi connectivity index (χ1v) is 4.71. The van der Waals surface area contributed by atoms with Crippen LogP contribution in [0.1, 0.15) is 5.56 Å². The summed E-state index contributed by atoms with van der Waals surface area (Å²) in [6, 6.07) is 1.000. The monoisotopic (exact) mass is 267 g/mol. The van der Waals surface area contributed by atoms with E-state index >= 15 is 0 Å². The van der Waals surface area contributed by atoms with Crippen molar-refractivity contribution in [1.29, 1.82) is 0 Å². The van der Waals surface area contributed by atoms with E-state index < -0.39 is 29.9 Å². The number of carboxylic acids is 1. The van der Waals surface area contributed by atoms with E-state index in [1.54, 1.807) is 0 Å². The second kappa shape index (κ2) is 5.21. The summed E-state index contributed by atoms with van der Waals surface area (Å²) < 4.78 is 52.4. The van der Waals surface area contributed by atoms with Crippen LogP contribution in [0.5, 0.6) is 5.75 Å². The third-order valence-corrected chi connectivity index (χ3v) is 1.94. The van der Waals surface area contributed by atoms with E-state index in [4.69, 9.17) is 10.8 Å². The fourth-order valence-electron chi connectivity index (χ4n) is 1.27. The van der Waals surface area contributed by atoms with Gasteiger partial charge in [0, 0.05) is 6.07 Å². The molecule has 0 fully saturated rings. The van der Waals surface area contributed by atoms with Crippen LogP contribution in [-0.4, -0.2) is 23.5 Å². The van der Waals surface area contributed by atoms with E-state index in [1.807, 2.05) is 0 Å². The molecular formula is C10H9F4NO3. The fourth-order valence-corrected chi connectivity index (χ4v) is 1.27. The topological polar surface area (TPSA) is 72.5 Å². The maximum Gasteiger partial charge on any atom is 0.573 e. The largest absolute Gasteiger partial charge is 0.573 e. The van der Waals surface area contributed by atoms with E-state index in [1.165, 1.54) is 0 Å². The van der Waals surface area contributed by atoms with Crippen molar-refractivity contribution in [3.8, 4) is 5.75 Å². The highest BCUT2D eigenvalue weighted by Gasteiger charge is 2.31. The Kier molecular flexibility index (Phi) is 4.12. The third kappa shape index (κ3) is 4.58. The fraction of sp³-hybridized carbons (Fsp3) is 0.300. The highest BCUT2D eigenvalue weighted by atomic mass is 19.4. The average molecular weight is 267 g/mol. The van der Waals surface area contributed by atoms with Gasteiger partial charge in [-0.1, -0.05) is 0 Å². The highest BCUT2D eigenvalue weighted by molar-refractivity contribution is 5.73. The van der Waals surface area contributed by atoms with Gasteiger partial charge in [-0.05, 0) is 24.1 Å². The van der Waals surface area contributed by atoms with Crippen LogP contribution in [0.25, 0.3) is 0 Å². The average Bonchev–Trinajstić information content (AvgIpc) is 2.12. The Morgan fingerprint density at radius 2 is 2.00 bits per heavy atom. The van der Waals surface area contributed by atoms with Gasteiger partial charge in [-0.2, -0.15) is 0 Å². The van der Waals surface area contributed by atoms with Gasteiger partial charge in [0.2, 0.25) is 0 Å². The Morgan fingerprint density at radius 3 is 2.50 bits per heavy atom. The summed E-state index contributed by atoms with van der Waals surface area (Å²) in [7, 11) is 0. The maximum atomic E-state index is 13.0. The lowest BCUT2D eigenvalue weighted by atomic mass is 10.1. The van der Waals surface area contributed by atoms with Crippen LogP contribution in [0.15, 0.2) is 18.2 Å². The molecule has 0 radical (unpaired) electrons. The van der Waals surface area contributed by atoms with Gasteiger partial charge in [0.1, 0.15) is 17.6 Å². The quantitative estimate of drug-likeness (QED) is 0.814. The summed E-state index contributed by atoms with van der Waals surface area (Å²) in [5, 5.41) is 8.54. The molecule has 1 aromatic carbocycles. The zero-order valence-electron chi connectivity index (χ0n) is 8.87. The van der Waals surface area contributed by atoms with E-state index in [-0.39, 0.29) is 12.0 Å². The number of halogens is 4. The smallest absolute Gasteiger partial charge is 0.480 e. The zero-order valence-corrected chi connectivity index (χ0v) is 8.87. The van der Waals surface area contributed by atoms with E-state index in [0.29, 0.717) is 6.07 Å². The molecule has 0 amide bonds. The predicted octanol–water partition coefficient (Wildman–Crippen LogP) is 1.68. The molecule has 8 heteroatoms. The minimum Gasteiger partial charge on any atom is -0.480 e. The number of benzene rings is 1. The van der Waals surface area contributed by atoms with Crippen LogP contribution >= 0.6 is 0 Å². The molecular weight excluding hydrogens is 258 g/mol. The van der Waals surface area contributed by atoms with Crippen molar-refractivity contribution in [1.82, 2.24) is 0 Å². The van der Waals surface area contributed by atoms with Crippen LogP contribution in [0.3, 0.4) is 0 Å². The lowest BCUT2D eigenvalue weighted by molar-refractivity contribution is -0.274. The third-order valence-electron chi connectivity index (χ3n) is 1.94. The van der Waals surface area contributed by atoms with Crippen molar-refractivity contribution in [2.24, 2.45) is 5.73 Å². The summed E-state index contributed by atoms with van der Waals surface area (Å²) in [6.45, 7) is 0. The normalized spacial score (nSPS) is 13.2. The molecule has 0 saturated carbocycles. The Labute approximate surface area is 99.0 Å². The second-order valence-electron chi connectivity index (χ2n) is 3.49. The number of nitrogens with two attached hydrogens (primary N) is 1. The molecule has 18 heavy (non-hydrogen) atoms. The molecule has 0 aliphatic carbocycles. The molecule has 0 aliphatic rings. The van der Waals surface area contributed by atoms with Crippen molar-refractivity contribution in [2.45, 2.75) is 18.8 Å². The van der Waals surface area contributed by atoms with Gasteiger partial charge < -0.3 is 15.6 Å². The van der Waals surface area contributed by atoms with Crippen molar-refractivity contribution >= 4 is 5.97 Å². The SMILES string of the molecule is NC(Cc1cc(F)cc(OC(F)(F)F)c1)C(=O)O. The van der Waals surface area contributed by atoms with Crippen molar-refractivity contribution < 1.29 is 32.2 Å². The van der Waals surface area contributed by atoms with Crippen molar-refractivity contribution in [3.63, 3.8) is 0 Å². The first-order valence-electron chi connectivity index (χ1n) is 4.71. The minimum absolute atomic E-state index is 0.00384. The van der Waals surface area contributed by atoms with Gasteiger partial charge in [-0.15, -0.1) is 13.2 Å². The standard InChI is InChI=1S/C10H9F4NO3/c11-6-1-5(3-8(15)9(16)17)2-7(4-6)18-10(12,13)14/h1-2,4,8H,3,15H2,(H,16,17). The lowest BCUT2D eigenvalue weighted by Crippen LogP contribution is -2.32. The van der Waals surface area contributed by atoms with Gasteiger partial charge >= 0.3 is 12.3 Å². The number of alkyl halides is 3. The number of aliphatic carboxylic acids is 1.